The van der Waals surface area contributed by atoms with Crippen molar-refractivity contribution in [3.63, 3.8) is 0 Å². The molecule has 0 aliphatic carbocycles. The molecule has 0 unspecified atom stereocenters. The lowest BCUT2D eigenvalue weighted by Gasteiger charge is -2.12. The summed E-state index contributed by atoms with van der Waals surface area (Å²) >= 11 is 3.29. The van der Waals surface area contributed by atoms with E-state index >= 15 is 0 Å². The van der Waals surface area contributed by atoms with Crippen LogP contribution in [0.1, 0.15) is 31.1 Å². The Morgan fingerprint density at radius 1 is 0.917 bits per heavy atom. The predicted molar refractivity (Wildman–Crippen MR) is 91.2 cm³/mol. The Kier molecular flexibility index (Phi) is 5.70. The van der Waals surface area contributed by atoms with Crippen molar-refractivity contribution in [2.24, 2.45) is 0 Å². The summed E-state index contributed by atoms with van der Waals surface area (Å²) in [5.74, 6) is -1.65. The SMILES string of the molecule is COC(=O)c1ccc(C(=O)OC)c(NC(=O)c2ccccc2Br)c1. The second-order valence-electron chi connectivity index (χ2n) is 4.68. The number of carbonyl (C=O) groups is 3. The third-order valence-corrected chi connectivity index (χ3v) is 3.90. The van der Waals surface area contributed by atoms with Crippen molar-refractivity contribution in [1.29, 1.82) is 0 Å². The number of methoxy groups -OCH3 is 2. The Morgan fingerprint density at radius 3 is 2.21 bits per heavy atom. The number of anilines is 1. The van der Waals surface area contributed by atoms with Gasteiger partial charge in [0.1, 0.15) is 0 Å². The Bertz CT molecular complexity index is 803. The molecule has 0 heterocycles. The zero-order valence-corrected chi connectivity index (χ0v) is 14.5. The van der Waals surface area contributed by atoms with E-state index in [1.165, 1.54) is 32.4 Å². The molecule has 0 aromatic heterocycles. The molecule has 0 spiro atoms. The summed E-state index contributed by atoms with van der Waals surface area (Å²) in [6, 6.07) is 11.0. The van der Waals surface area contributed by atoms with Crippen molar-refractivity contribution < 1.29 is 23.9 Å². The van der Waals surface area contributed by atoms with Gasteiger partial charge in [-0.1, -0.05) is 12.1 Å². The van der Waals surface area contributed by atoms with E-state index in [9.17, 15) is 14.4 Å². The highest BCUT2D eigenvalue weighted by Crippen LogP contribution is 2.22. The van der Waals surface area contributed by atoms with Crippen molar-refractivity contribution in [3.8, 4) is 0 Å². The number of rotatable bonds is 4. The average molecular weight is 392 g/mol. The van der Waals surface area contributed by atoms with Gasteiger partial charge in [0.25, 0.3) is 5.91 Å². The number of hydrogen-bond donors (Lipinski definition) is 1. The quantitative estimate of drug-likeness (QED) is 0.808. The molecule has 0 saturated carbocycles. The molecule has 0 radical (unpaired) electrons. The van der Waals surface area contributed by atoms with Crippen molar-refractivity contribution in [1.82, 2.24) is 0 Å². The minimum absolute atomic E-state index is 0.130. The van der Waals surface area contributed by atoms with Crippen LogP contribution in [0, 0.1) is 0 Å². The first-order valence-electron chi connectivity index (χ1n) is 6.84. The first kappa shape index (κ1) is 17.7. The van der Waals surface area contributed by atoms with Crippen LogP contribution in [-0.4, -0.2) is 32.1 Å². The lowest BCUT2D eigenvalue weighted by Crippen LogP contribution is -2.17. The van der Waals surface area contributed by atoms with Gasteiger partial charge in [0, 0.05) is 4.47 Å². The molecule has 24 heavy (non-hydrogen) atoms. The van der Waals surface area contributed by atoms with Gasteiger partial charge in [0.15, 0.2) is 0 Å². The number of benzene rings is 2. The van der Waals surface area contributed by atoms with Crippen LogP contribution < -0.4 is 5.32 Å². The smallest absolute Gasteiger partial charge is 0.339 e. The molecule has 1 N–H and O–H groups in total. The molecule has 7 heteroatoms. The highest BCUT2D eigenvalue weighted by Gasteiger charge is 2.18. The standard InChI is InChI=1S/C17H14BrNO5/c1-23-16(21)10-7-8-12(17(22)24-2)14(9-10)19-15(20)11-5-3-4-6-13(11)18/h3-9H,1-2H3,(H,19,20). The predicted octanol–water partition coefficient (Wildman–Crippen LogP) is 3.27. The monoisotopic (exact) mass is 391 g/mol. The van der Waals surface area contributed by atoms with Gasteiger partial charge in [-0.2, -0.15) is 0 Å². The summed E-state index contributed by atoms with van der Waals surface area (Å²) in [7, 11) is 2.48. The molecule has 2 aromatic carbocycles. The van der Waals surface area contributed by atoms with Crippen LogP contribution in [0.15, 0.2) is 46.9 Å². The fourth-order valence-electron chi connectivity index (χ4n) is 2.02. The van der Waals surface area contributed by atoms with E-state index in [2.05, 4.69) is 26.0 Å². The van der Waals surface area contributed by atoms with Gasteiger partial charge in [0.2, 0.25) is 0 Å². The molecule has 2 rings (SSSR count). The molecule has 0 saturated heterocycles. The minimum Gasteiger partial charge on any atom is -0.465 e. The van der Waals surface area contributed by atoms with Crippen LogP contribution in [-0.2, 0) is 9.47 Å². The van der Waals surface area contributed by atoms with Crippen molar-refractivity contribution in [2.45, 2.75) is 0 Å². The lowest BCUT2D eigenvalue weighted by molar-refractivity contribution is 0.0587. The number of esters is 2. The van der Waals surface area contributed by atoms with Crippen LogP contribution in [0.2, 0.25) is 0 Å². The normalized spacial score (nSPS) is 9.96. The van der Waals surface area contributed by atoms with Gasteiger partial charge >= 0.3 is 11.9 Å². The van der Waals surface area contributed by atoms with Crippen LogP contribution in [0.3, 0.4) is 0 Å². The Morgan fingerprint density at radius 2 is 1.58 bits per heavy atom. The van der Waals surface area contributed by atoms with E-state index in [-0.39, 0.29) is 16.8 Å². The molecule has 6 nitrogen and oxygen atoms in total. The first-order valence-corrected chi connectivity index (χ1v) is 7.63. The third-order valence-electron chi connectivity index (χ3n) is 3.21. The summed E-state index contributed by atoms with van der Waals surface area (Å²) in [6.45, 7) is 0. The van der Waals surface area contributed by atoms with Crippen molar-refractivity contribution in [3.05, 3.63) is 63.6 Å². The van der Waals surface area contributed by atoms with Gasteiger partial charge in [0.05, 0.1) is 36.6 Å². The van der Waals surface area contributed by atoms with Crippen LogP contribution >= 0.6 is 15.9 Å². The zero-order valence-electron chi connectivity index (χ0n) is 13.0. The molecule has 124 valence electrons. The van der Waals surface area contributed by atoms with Gasteiger partial charge < -0.3 is 14.8 Å². The molecule has 0 aliphatic heterocycles. The van der Waals surface area contributed by atoms with E-state index in [0.717, 1.165) is 0 Å². The zero-order chi connectivity index (χ0) is 17.7. The molecule has 1 amide bonds. The fraction of sp³-hybridized carbons (Fsp3) is 0.118. The third kappa shape index (κ3) is 3.80. The summed E-state index contributed by atoms with van der Waals surface area (Å²) in [5.41, 5.74) is 0.875. The first-order chi connectivity index (χ1) is 11.5. The van der Waals surface area contributed by atoms with Crippen molar-refractivity contribution in [2.75, 3.05) is 19.5 Å². The number of amides is 1. The van der Waals surface area contributed by atoms with E-state index in [1.807, 2.05) is 0 Å². The van der Waals surface area contributed by atoms with Crippen LogP contribution in [0.25, 0.3) is 0 Å². The van der Waals surface area contributed by atoms with Crippen LogP contribution in [0.4, 0.5) is 5.69 Å². The summed E-state index contributed by atoms with van der Waals surface area (Å²) in [5, 5.41) is 2.62. The summed E-state index contributed by atoms with van der Waals surface area (Å²) in [4.78, 5) is 36.0. The molecule has 0 bridgehead atoms. The van der Waals surface area contributed by atoms with E-state index in [4.69, 9.17) is 4.74 Å². The average Bonchev–Trinajstić information content (AvgIpc) is 2.60. The number of halogens is 1. The Balaban J connectivity index is 2.42. The van der Waals surface area contributed by atoms with E-state index < -0.39 is 17.8 Å². The maximum atomic E-state index is 12.4. The second kappa shape index (κ2) is 7.74. The maximum absolute atomic E-state index is 12.4. The molecule has 0 aliphatic rings. The highest BCUT2D eigenvalue weighted by atomic mass is 79.9. The van der Waals surface area contributed by atoms with Crippen LogP contribution in [0.5, 0.6) is 0 Å². The van der Waals surface area contributed by atoms with Gasteiger partial charge in [-0.3, -0.25) is 4.79 Å². The van der Waals surface area contributed by atoms with Gasteiger partial charge in [-0.25, -0.2) is 9.59 Å². The Labute approximate surface area is 146 Å². The molecule has 0 atom stereocenters. The number of ether oxygens (including phenoxy) is 2. The summed E-state index contributed by atoms with van der Waals surface area (Å²) < 4.78 is 9.95. The largest absolute Gasteiger partial charge is 0.465 e. The minimum atomic E-state index is -0.631. The van der Waals surface area contributed by atoms with E-state index in [0.29, 0.717) is 10.0 Å². The maximum Gasteiger partial charge on any atom is 0.339 e. The molecule has 0 fully saturated rings. The highest BCUT2D eigenvalue weighted by molar-refractivity contribution is 9.10. The fourth-order valence-corrected chi connectivity index (χ4v) is 2.48. The van der Waals surface area contributed by atoms with Gasteiger partial charge in [-0.15, -0.1) is 0 Å². The number of carbonyl (C=O) groups excluding carboxylic acids is 3. The summed E-state index contributed by atoms with van der Waals surface area (Å²) in [6.07, 6.45) is 0. The number of nitrogens with one attached hydrogen (secondary N) is 1. The van der Waals surface area contributed by atoms with E-state index in [1.54, 1.807) is 24.3 Å². The molecular formula is C17H14BrNO5. The molecule has 2 aromatic rings. The lowest BCUT2D eigenvalue weighted by atomic mass is 10.1. The molecular weight excluding hydrogens is 378 g/mol. The Hall–Kier alpha value is -2.67. The number of hydrogen-bond acceptors (Lipinski definition) is 5. The van der Waals surface area contributed by atoms with Gasteiger partial charge in [-0.05, 0) is 46.3 Å². The van der Waals surface area contributed by atoms with Crippen molar-refractivity contribution >= 4 is 39.5 Å². The second-order valence-corrected chi connectivity index (χ2v) is 5.53. The topological polar surface area (TPSA) is 81.7 Å².